The Labute approximate surface area is 255 Å². The molecule has 1 aromatic heterocycles. The van der Waals surface area contributed by atoms with Crippen LogP contribution in [-0.4, -0.2) is 0 Å². The van der Waals surface area contributed by atoms with Gasteiger partial charge in [-0.05, 0) is 73.1 Å². The molecule has 0 fully saturated rings. The lowest BCUT2D eigenvalue weighted by Crippen LogP contribution is -2.14. The van der Waals surface area contributed by atoms with Crippen molar-refractivity contribution in [1.82, 2.24) is 0 Å². The summed E-state index contributed by atoms with van der Waals surface area (Å²) in [7, 11) is 0. The number of fused-ring (bicyclic) bond motifs is 8. The Morgan fingerprint density at radius 1 is 0.571 bits per heavy atom. The molecule has 8 aromatic rings. The average molecular weight is 545 g/mol. The minimum atomic E-state index is -0.430. The summed E-state index contributed by atoms with van der Waals surface area (Å²) in [6.45, 7) is 4.36. The van der Waals surface area contributed by atoms with Gasteiger partial charge in [0.05, 0.1) is 11.0 Å². The van der Waals surface area contributed by atoms with E-state index in [1.165, 1.54) is 5.56 Å². The van der Waals surface area contributed by atoms with Crippen molar-refractivity contribution in [2.45, 2.75) is 19.3 Å². The van der Waals surface area contributed by atoms with Crippen LogP contribution in [0.4, 0.5) is 0 Å². The first-order valence-electron chi connectivity index (χ1n) is 18.0. The zero-order chi connectivity index (χ0) is 35.0. The van der Waals surface area contributed by atoms with Gasteiger partial charge in [-0.2, -0.15) is 0 Å². The summed E-state index contributed by atoms with van der Waals surface area (Å²) < 4.78 is 77.9. The van der Waals surface area contributed by atoms with E-state index in [0.29, 0.717) is 27.6 Å². The van der Waals surface area contributed by atoms with Crippen LogP contribution in [-0.2, 0) is 5.41 Å². The maximum Gasteiger partial charge on any atom is 0.144 e. The van der Waals surface area contributed by atoms with Crippen LogP contribution in [0.15, 0.2) is 138 Å². The SMILES string of the molecule is [2H]c1c([2H])c([2H])c2c(oc3c(-c4ccc5c(c4)-c4ccccc4C5(C)C)c4c([2H])c([2H])c([2H])c([2H])c4c(-c4ccc5ccccc5c4)c32)c1[2H]. The molecule has 198 valence electrons. The van der Waals surface area contributed by atoms with Gasteiger partial charge >= 0.3 is 0 Å². The Hall–Kier alpha value is -5.14. The number of hydrogen-bond acceptors (Lipinski definition) is 1. The predicted octanol–water partition coefficient (Wildman–Crippen LogP) is 11.5. The second-order valence-corrected chi connectivity index (χ2v) is 11.5. The highest BCUT2D eigenvalue weighted by atomic mass is 16.3. The predicted molar refractivity (Wildman–Crippen MR) is 177 cm³/mol. The van der Waals surface area contributed by atoms with Gasteiger partial charge < -0.3 is 4.42 Å². The summed E-state index contributed by atoms with van der Waals surface area (Å²) in [5, 5.41) is 2.94. The molecule has 0 unspecified atom stereocenters. The first kappa shape index (κ1) is 17.0. The fourth-order valence-corrected chi connectivity index (χ4v) is 6.95. The van der Waals surface area contributed by atoms with E-state index in [9.17, 15) is 2.74 Å². The van der Waals surface area contributed by atoms with Crippen LogP contribution in [0.1, 0.15) is 35.9 Å². The second kappa shape index (κ2) is 8.44. The molecule has 0 aliphatic heterocycles. The van der Waals surface area contributed by atoms with Gasteiger partial charge in [0.25, 0.3) is 0 Å². The van der Waals surface area contributed by atoms with Gasteiger partial charge in [0.1, 0.15) is 11.2 Å². The minimum absolute atomic E-state index is 0.0347. The zero-order valence-corrected chi connectivity index (χ0v) is 23.0. The Bertz CT molecular complexity index is 2830. The van der Waals surface area contributed by atoms with Gasteiger partial charge in [0.2, 0.25) is 0 Å². The molecule has 1 aliphatic carbocycles. The van der Waals surface area contributed by atoms with Crippen molar-refractivity contribution in [2.75, 3.05) is 0 Å². The minimum Gasteiger partial charge on any atom is -0.455 e. The monoisotopic (exact) mass is 544 g/mol. The molecule has 9 rings (SSSR count). The summed E-state index contributed by atoms with van der Waals surface area (Å²) in [4.78, 5) is 0. The molecule has 0 N–H and O–H groups in total. The lowest BCUT2D eigenvalue weighted by atomic mass is 9.82. The van der Waals surface area contributed by atoms with E-state index in [2.05, 4.69) is 32.0 Å². The van der Waals surface area contributed by atoms with Crippen molar-refractivity contribution in [3.05, 3.63) is 144 Å². The standard InChI is InChI=1S/C41H28O/c1-41(2)34-17-9-7-13-29(34)33-24-28(21-22-35(33)41)38-31-15-6-5-14-30(31)37(27-20-19-25-11-3-4-12-26(25)23-27)39-32-16-8-10-18-36(32)42-40(38)39/h3-24H,1-2H3/i5D,6D,8D,10D,14D,15D,16D,18D. The number of hydrogen-bond donors (Lipinski definition) is 0. The van der Waals surface area contributed by atoms with Crippen LogP contribution in [0.25, 0.3) is 76.9 Å². The Morgan fingerprint density at radius 2 is 1.21 bits per heavy atom. The van der Waals surface area contributed by atoms with Gasteiger partial charge in [-0.25, -0.2) is 0 Å². The van der Waals surface area contributed by atoms with Crippen molar-refractivity contribution in [3.8, 4) is 33.4 Å². The zero-order valence-electron chi connectivity index (χ0n) is 31.0. The van der Waals surface area contributed by atoms with Gasteiger partial charge in [-0.15, -0.1) is 0 Å². The third-order valence-corrected chi connectivity index (χ3v) is 8.91. The normalized spacial score (nSPS) is 16.3. The largest absolute Gasteiger partial charge is 0.455 e. The van der Waals surface area contributed by atoms with Gasteiger partial charge in [0.15, 0.2) is 0 Å². The molecule has 0 amide bonds. The van der Waals surface area contributed by atoms with Crippen LogP contribution in [0.2, 0.25) is 0 Å². The topological polar surface area (TPSA) is 13.1 Å². The van der Waals surface area contributed by atoms with E-state index in [1.807, 2.05) is 66.7 Å². The maximum atomic E-state index is 9.35. The van der Waals surface area contributed by atoms with E-state index in [4.69, 9.17) is 12.6 Å². The summed E-state index contributed by atoms with van der Waals surface area (Å²) >= 11 is 0. The molecule has 1 nitrogen and oxygen atoms in total. The van der Waals surface area contributed by atoms with Crippen LogP contribution in [0.3, 0.4) is 0 Å². The van der Waals surface area contributed by atoms with Crippen LogP contribution in [0.5, 0.6) is 0 Å². The van der Waals surface area contributed by atoms with E-state index in [-0.39, 0.29) is 63.0 Å². The molecular formula is C41H28O. The molecule has 0 saturated heterocycles. The molecule has 1 heterocycles. The molecular weight excluding hydrogens is 508 g/mol. The van der Waals surface area contributed by atoms with Crippen molar-refractivity contribution < 1.29 is 15.4 Å². The van der Waals surface area contributed by atoms with Crippen molar-refractivity contribution in [3.63, 3.8) is 0 Å². The molecule has 42 heavy (non-hydrogen) atoms. The van der Waals surface area contributed by atoms with E-state index in [1.54, 1.807) is 0 Å². The molecule has 0 radical (unpaired) electrons. The van der Waals surface area contributed by atoms with Gasteiger partial charge in [0, 0.05) is 27.3 Å². The summed E-state index contributed by atoms with van der Waals surface area (Å²) in [5.41, 5.74) is 6.44. The summed E-state index contributed by atoms with van der Waals surface area (Å²) in [6, 6.07) is 25.2. The highest BCUT2D eigenvalue weighted by Gasteiger charge is 2.35. The van der Waals surface area contributed by atoms with Crippen LogP contribution >= 0.6 is 0 Å². The molecule has 0 atom stereocenters. The van der Waals surface area contributed by atoms with Crippen molar-refractivity contribution in [2.24, 2.45) is 0 Å². The molecule has 0 saturated carbocycles. The van der Waals surface area contributed by atoms with Gasteiger partial charge in [-0.3, -0.25) is 0 Å². The van der Waals surface area contributed by atoms with Crippen LogP contribution in [0, 0.1) is 0 Å². The summed E-state index contributed by atoms with van der Waals surface area (Å²) in [5.74, 6) is 0. The molecule has 0 spiro atoms. The Kier molecular flexibility index (Phi) is 3.41. The lowest BCUT2D eigenvalue weighted by molar-refractivity contribution is 0.660. The second-order valence-electron chi connectivity index (χ2n) is 11.5. The Balaban J connectivity index is 1.55. The smallest absolute Gasteiger partial charge is 0.144 e. The van der Waals surface area contributed by atoms with Gasteiger partial charge in [-0.1, -0.05) is 129 Å². The third kappa shape index (κ3) is 3.14. The maximum absolute atomic E-state index is 9.35. The Morgan fingerprint density at radius 3 is 2.07 bits per heavy atom. The first-order valence-corrected chi connectivity index (χ1v) is 14.0. The van der Waals surface area contributed by atoms with E-state index >= 15 is 0 Å². The fraction of sp³-hybridized carbons (Fsp3) is 0.0732. The van der Waals surface area contributed by atoms with E-state index < -0.39 is 18.1 Å². The molecule has 1 heteroatoms. The number of para-hydroxylation sites is 1. The van der Waals surface area contributed by atoms with Crippen molar-refractivity contribution in [1.29, 1.82) is 0 Å². The lowest BCUT2D eigenvalue weighted by Gasteiger charge is -2.21. The number of benzene rings is 7. The van der Waals surface area contributed by atoms with E-state index in [0.717, 1.165) is 27.5 Å². The molecule has 1 aliphatic rings. The number of rotatable bonds is 2. The quantitative estimate of drug-likeness (QED) is 0.211. The first-order chi connectivity index (χ1) is 23.9. The number of furan rings is 1. The third-order valence-electron chi connectivity index (χ3n) is 8.91. The highest BCUT2D eigenvalue weighted by Crippen LogP contribution is 2.52. The molecule has 7 aromatic carbocycles. The fourth-order valence-electron chi connectivity index (χ4n) is 6.95. The van der Waals surface area contributed by atoms with Crippen LogP contribution < -0.4 is 0 Å². The van der Waals surface area contributed by atoms with Crippen molar-refractivity contribution >= 4 is 43.5 Å². The highest BCUT2D eigenvalue weighted by molar-refractivity contribution is 6.27. The summed E-state index contributed by atoms with van der Waals surface area (Å²) in [6.07, 6.45) is 0. The average Bonchev–Trinajstić information content (AvgIpc) is 3.63. The molecule has 0 bridgehead atoms.